The lowest BCUT2D eigenvalue weighted by atomic mass is 9.47. The third kappa shape index (κ3) is 2.82. The van der Waals surface area contributed by atoms with Crippen LogP contribution in [-0.4, -0.2) is 39.2 Å². The van der Waals surface area contributed by atoms with Crippen LogP contribution in [-0.2, 0) is 9.53 Å². The Labute approximate surface area is 156 Å². The fourth-order valence-electron chi connectivity index (χ4n) is 5.72. The number of aromatic nitrogens is 2. The molecule has 0 spiro atoms. The number of carbonyl (C=O) groups excluding carboxylic acids is 1. The largest absolute Gasteiger partial charge is 0.481 e. The molecule has 26 heavy (non-hydrogen) atoms. The molecule has 1 aromatic rings. The number of anilines is 1. The second-order valence-electron chi connectivity index (χ2n) is 8.07. The summed E-state index contributed by atoms with van der Waals surface area (Å²) in [6, 6.07) is 0. The molecule has 4 fully saturated rings. The Morgan fingerprint density at radius 1 is 1.35 bits per heavy atom. The van der Waals surface area contributed by atoms with Crippen molar-refractivity contribution < 1.29 is 19.4 Å². The monoisotopic (exact) mass is 379 g/mol. The van der Waals surface area contributed by atoms with Crippen LogP contribution in [0.4, 0.5) is 5.82 Å². The number of rotatable bonds is 5. The number of carbonyl (C=O) groups is 2. The predicted molar refractivity (Wildman–Crippen MR) is 94.1 cm³/mol. The van der Waals surface area contributed by atoms with E-state index in [1.54, 1.807) is 6.92 Å². The summed E-state index contributed by atoms with van der Waals surface area (Å²) in [6.45, 7) is 1.98. The molecule has 4 aliphatic carbocycles. The van der Waals surface area contributed by atoms with Gasteiger partial charge in [-0.15, -0.1) is 0 Å². The average molecular weight is 380 g/mol. The number of carboxylic acids is 1. The van der Waals surface area contributed by atoms with E-state index in [0.29, 0.717) is 24.1 Å². The number of nitrogens with zero attached hydrogens (tertiary/aromatic N) is 2. The van der Waals surface area contributed by atoms with Crippen LogP contribution >= 0.6 is 11.6 Å². The van der Waals surface area contributed by atoms with Crippen molar-refractivity contribution in [2.24, 2.45) is 17.3 Å². The lowest BCUT2D eigenvalue weighted by Crippen LogP contribution is -2.61. The first-order valence-electron chi connectivity index (χ1n) is 9.06. The van der Waals surface area contributed by atoms with E-state index in [0.717, 1.165) is 32.1 Å². The van der Waals surface area contributed by atoms with E-state index in [-0.39, 0.29) is 23.0 Å². The summed E-state index contributed by atoms with van der Waals surface area (Å²) in [6.07, 6.45) is 6.28. The molecule has 4 saturated carbocycles. The fourth-order valence-corrected chi connectivity index (χ4v) is 5.86. The van der Waals surface area contributed by atoms with Crippen LogP contribution in [0.3, 0.4) is 0 Å². The van der Waals surface area contributed by atoms with Crippen molar-refractivity contribution in [1.82, 2.24) is 9.97 Å². The highest BCUT2D eigenvalue weighted by atomic mass is 35.5. The molecule has 1 heterocycles. The highest BCUT2D eigenvalue weighted by molar-refractivity contribution is 6.28. The molecule has 0 radical (unpaired) electrons. The van der Waals surface area contributed by atoms with Crippen LogP contribution in [0, 0.1) is 17.3 Å². The SMILES string of the molecule is CCOC(=O)c1cnc(Cl)nc1NC12CC3CC(C1)CC(C(=O)O)(C3)C2. The summed E-state index contributed by atoms with van der Waals surface area (Å²) in [5.41, 5.74) is -0.810. The van der Waals surface area contributed by atoms with E-state index in [2.05, 4.69) is 15.3 Å². The minimum absolute atomic E-state index is 0.0400. The molecule has 4 aliphatic rings. The molecule has 0 saturated heterocycles. The van der Waals surface area contributed by atoms with Crippen LogP contribution in [0.5, 0.6) is 0 Å². The molecule has 8 heteroatoms. The molecule has 0 aliphatic heterocycles. The Balaban J connectivity index is 1.68. The molecule has 5 rings (SSSR count). The average Bonchev–Trinajstić information content (AvgIpc) is 2.53. The van der Waals surface area contributed by atoms with Crippen LogP contribution < -0.4 is 5.32 Å². The number of carboxylic acid groups (broad SMARTS) is 1. The van der Waals surface area contributed by atoms with Gasteiger partial charge in [0.1, 0.15) is 11.4 Å². The number of halogens is 1. The number of esters is 1. The van der Waals surface area contributed by atoms with Crippen molar-refractivity contribution in [2.45, 2.75) is 51.0 Å². The maximum atomic E-state index is 12.3. The van der Waals surface area contributed by atoms with Crippen molar-refractivity contribution in [1.29, 1.82) is 0 Å². The highest BCUT2D eigenvalue weighted by Crippen LogP contribution is 2.62. The Kier molecular flexibility index (Phi) is 4.10. The lowest BCUT2D eigenvalue weighted by Gasteiger charge is -2.60. The minimum Gasteiger partial charge on any atom is -0.481 e. The van der Waals surface area contributed by atoms with Gasteiger partial charge in [-0.2, -0.15) is 4.98 Å². The molecule has 140 valence electrons. The zero-order valence-corrected chi connectivity index (χ0v) is 15.4. The van der Waals surface area contributed by atoms with Gasteiger partial charge >= 0.3 is 11.9 Å². The number of aliphatic carboxylic acids is 1. The minimum atomic E-state index is -0.705. The Morgan fingerprint density at radius 2 is 2.04 bits per heavy atom. The molecule has 4 bridgehead atoms. The number of hydrogen-bond donors (Lipinski definition) is 2. The lowest BCUT2D eigenvalue weighted by molar-refractivity contribution is -0.165. The standard InChI is InChI=1S/C18H22ClN3O4/c1-2-26-14(23)12-8-20-16(19)21-13(12)22-18-6-10-3-11(7-18)5-17(4-10,9-18)15(24)25/h8,10-11H,2-7,9H2,1H3,(H,24,25)(H,20,21,22). The van der Waals surface area contributed by atoms with Crippen LogP contribution in [0.1, 0.15) is 55.8 Å². The highest BCUT2D eigenvalue weighted by Gasteiger charge is 2.61. The number of hydrogen-bond acceptors (Lipinski definition) is 6. The second kappa shape index (κ2) is 6.08. The van der Waals surface area contributed by atoms with Gasteiger partial charge in [-0.05, 0) is 68.9 Å². The molecular weight excluding hydrogens is 358 g/mol. The van der Waals surface area contributed by atoms with E-state index in [4.69, 9.17) is 16.3 Å². The number of nitrogens with one attached hydrogen (secondary N) is 1. The van der Waals surface area contributed by atoms with Crippen molar-refractivity contribution in [2.75, 3.05) is 11.9 Å². The molecule has 2 atom stereocenters. The quantitative estimate of drug-likeness (QED) is 0.598. The van der Waals surface area contributed by atoms with Crippen LogP contribution in [0.2, 0.25) is 5.28 Å². The Hall–Kier alpha value is -1.89. The number of ether oxygens (including phenoxy) is 1. The van der Waals surface area contributed by atoms with E-state index in [9.17, 15) is 14.7 Å². The van der Waals surface area contributed by atoms with Gasteiger partial charge < -0.3 is 15.2 Å². The fraction of sp³-hybridized carbons (Fsp3) is 0.667. The van der Waals surface area contributed by atoms with Gasteiger partial charge in [-0.25, -0.2) is 9.78 Å². The van der Waals surface area contributed by atoms with Crippen molar-refractivity contribution in [3.63, 3.8) is 0 Å². The van der Waals surface area contributed by atoms with Crippen molar-refractivity contribution >= 4 is 29.4 Å². The summed E-state index contributed by atoms with van der Waals surface area (Å²) >= 11 is 5.95. The summed E-state index contributed by atoms with van der Waals surface area (Å²) in [4.78, 5) is 32.4. The summed E-state index contributed by atoms with van der Waals surface area (Å²) < 4.78 is 5.09. The first kappa shape index (κ1) is 17.5. The summed E-state index contributed by atoms with van der Waals surface area (Å²) in [7, 11) is 0. The molecule has 0 aromatic carbocycles. The first-order chi connectivity index (χ1) is 12.3. The predicted octanol–water partition coefficient (Wildman–Crippen LogP) is 3.14. The maximum Gasteiger partial charge on any atom is 0.343 e. The van der Waals surface area contributed by atoms with Crippen molar-refractivity contribution in [3.8, 4) is 0 Å². The van der Waals surface area contributed by atoms with Crippen LogP contribution in [0.15, 0.2) is 6.20 Å². The first-order valence-corrected chi connectivity index (χ1v) is 9.44. The molecule has 0 amide bonds. The van der Waals surface area contributed by atoms with E-state index >= 15 is 0 Å². The van der Waals surface area contributed by atoms with E-state index < -0.39 is 17.4 Å². The van der Waals surface area contributed by atoms with E-state index in [1.165, 1.54) is 6.20 Å². The van der Waals surface area contributed by atoms with Gasteiger partial charge in [0.05, 0.1) is 12.0 Å². The smallest absolute Gasteiger partial charge is 0.343 e. The third-order valence-corrected chi connectivity index (χ3v) is 6.34. The zero-order valence-electron chi connectivity index (χ0n) is 14.6. The van der Waals surface area contributed by atoms with Gasteiger partial charge in [-0.3, -0.25) is 4.79 Å². The molecule has 2 N–H and O–H groups in total. The summed E-state index contributed by atoms with van der Waals surface area (Å²) in [5.74, 6) is -0.0919. The van der Waals surface area contributed by atoms with Gasteiger partial charge in [-0.1, -0.05) is 0 Å². The van der Waals surface area contributed by atoms with Gasteiger partial charge in [0.25, 0.3) is 0 Å². The summed E-state index contributed by atoms with van der Waals surface area (Å²) in [5, 5.41) is 13.3. The zero-order chi connectivity index (χ0) is 18.5. The van der Waals surface area contributed by atoms with Gasteiger partial charge in [0, 0.05) is 11.7 Å². The van der Waals surface area contributed by atoms with Crippen LogP contribution in [0.25, 0.3) is 0 Å². The second-order valence-corrected chi connectivity index (χ2v) is 8.41. The molecular formula is C18H22ClN3O4. The maximum absolute atomic E-state index is 12.3. The molecule has 7 nitrogen and oxygen atoms in total. The molecule has 2 unspecified atom stereocenters. The Bertz CT molecular complexity index is 755. The topological polar surface area (TPSA) is 101 Å². The third-order valence-electron chi connectivity index (χ3n) is 6.15. The van der Waals surface area contributed by atoms with Gasteiger partial charge in [0.2, 0.25) is 5.28 Å². The van der Waals surface area contributed by atoms with Gasteiger partial charge in [0.15, 0.2) is 0 Å². The Morgan fingerprint density at radius 3 is 2.65 bits per heavy atom. The van der Waals surface area contributed by atoms with Crippen molar-refractivity contribution in [3.05, 3.63) is 17.0 Å². The normalized spacial score (nSPS) is 34.5. The molecule has 1 aromatic heterocycles. The van der Waals surface area contributed by atoms with E-state index in [1.807, 2.05) is 0 Å².